The molecule has 1 saturated heterocycles. The van der Waals surface area contributed by atoms with Crippen molar-refractivity contribution >= 4 is 17.6 Å². The minimum Gasteiger partial charge on any atom is -0.497 e. The van der Waals surface area contributed by atoms with E-state index in [0.29, 0.717) is 12.0 Å². The van der Waals surface area contributed by atoms with Crippen molar-refractivity contribution in [2.75, 3.05) is 38.7 Å². The molecule has 2 N–H and O–H groups in total. The van der Waals surface area contributed by atoms with Gasteiger partial charge >= 0.3 is 5.97 Å². The number of esters is 1. The predicted octanol–water partition coefficient (Wildman–Crippen LogP) is 2.16. The number of anilines is 1. The van der Waals surface area contributed by atoms with Crippen molar-refractivity contribution in [1.29, 1.82) is 0 Å². The number of aliphatic hydroxyl groups is 1. The van der Waals surface area contributed by atoms with Gasteiger partial charge in [-0.2, -0.15) is 0 Å². The van der Waals surface area contributed by atoms with Crippen LogP contribution in [0.3, 0.4) is 0 Å². The molecular formula is C28H37N3O5. The quantitative estimate of drug-likeness (QED) is 0.355. The summed E-state index contributed by atoms with van der Waals surface area (Å²) in [6.07, 6.45) is 4.95. The summed E-state index contributed by atoms with van der Waals surface area (Å²) in [5.74, 6) is -0.0430. The first-order valence-corrected chi connectivity index (χ1v) is 12.7. The molecule has 5 rings (SSSR count). The van der Waals surface area contributed by atoms with Gasteiger partial charge in [0, 0.05) is 54.7 Å². The van der Waals surface area contributed by atoms with E-state index < -0.39 is 34.5 Å². The van der Waals surface area contributed by atoms with Crippen molar-refractivity contribution in [2.45, 2.75) is 62.8 Å². The van der Waals surface area contributed by atoms with Crippen LogP contribution < -0.4 is 15.0 Å². The number of carbonyl (C=O) groups excluding carboxylic acids is 2. The highest BCUT2D eigenvalue weighted by molar-refractivity contribution is 5.92. The Morgan fingerprint density at radius 1 is 1.28 bits per heavy atom. The third-order valence-corrected chi connectivity index (χ3v) is 9.14. The first-order chi connectivity index (χ1) is 17.1. The molecule has 2 unspecified atom stereocenters. The molecule has 3 heterocycles. The molecule has 1 aromatic carbocycles. The number of carbonyl (C=O) groups is 2. The summed E-state index contributed by atoms with van der Waals surface area (Å²) in [6, 6.07) is 5.71. The maximum Gasteiger partial charge on any atom is 0.303 e. The lowest BCUT2D eigenvalue weighted by atomic mass is 9.47. The zero-order valence-electron chi connectivity index (χ0n) is 21.8. The second kappa shape index (κ2) is 8.35. The topological polar surface area (TPSA) is 91.3 Å². The molecule has 1 aromatic rings. The van der Waals surface area contributed by atoms with Crippen LogP contribution in [0.25, 0.3) is 0 Å². The standard InChI is InChI=1S/C28H37N3O5/c1-7-26-11-8-13-31-14-12-27(23(26)31)20-10-9-19(35-6)15-21(20)30(5)24(27)28(34,25(26)36-18(4)32)16-29-22(33)17(2)3/h8-11,15,23-25,34H,2,7,12-14,16H2,1,3-6H3,(H,29,33)/t23?,24-,25-,26-,27-,28?/m1/s1. The van der Waals surface area contributed by atoms with E-state index in [1.165, 1.54) is 12.5 Å². The van der Waals surface area contributed by atoms with Gasteiger partial charge in [0.05, 0.1) is 19.7 Å². The van der Waals surface area contributed by atoms with E-state index in [2.05, 4.69) is 46.8 Å². The number of ether oxygens (including phenoxy) is 2. The smallest absolute Gasteiger partial charge is 0.303 e. The molecule has 36 heavy (non-hydrogen) atoms. The lowest BCUT2D eigenvalue weighted by Gasteiger charge is -2.64. The third kappa shape index (κ3) is 3.07. The molecule has 0 radical (unpaired) electrons. The van der Waals surface area contributed by atoms with E-state index in [1.807, 2.05) is 19.2 Å². The summed E-state index contributed by atoms with van der Waals surface area (Å²) in [5.41, 5.74) is -0.134. The molecule has 1 amide bonds. The molecule has 1 spiro atoms. The summed E-state index contributed by atoms with van der Waals surface area (Å²) in [5, 5.41) is 15.8. The number of methoxy groups -OCH3 is 1. The highest BCUT2D eigenvalue weighted by Crippen LogP contribution is 2.67. The highest BCUT2D eigenvalue weighted by Gasteiger charge is 2.77. The minimum absolute atomic E-state index is 0.0172. The summed E-state index contributed by atoms with van der Waals surface area (Å²) in [6.45, 7) is 10.5. The van der Waals surface area contributed by atoms with E-state index in [4.69, 9.17) is 9.47 Å². The average molecular weight is 496 g/mol. The van der Waals surface area contributed by atoms with Crippen molar-refractivity contribution in [2.24, 2.45) is 5.41 Å². The van der Waals surface area contributed by atoms with Crippen molar-refractivity contribution in [1.82, 2.24) is 10.2 Å². The van der Waals surface area contributed by atoms with Gasteiger partial charge in [0.15, 0.2) is 0 Å². The number of benzene rings is 1. The maximum atomic E-state index is 12.9. The predicted molar refractivity (Wildman–Crippen MR) is 137 cm³/mol. The van der Waals surface area contributed by atoms with Crippen LogP contribution in [0.15, 0.2) is 42.5 Å². The molecule has 2 fully saturated rings. The van der Waals surface area contributed by atoms with Gasteiger partial charge in [0.25, 0.3) is 0 Å². The van der Waals surface area contributed by atoms with Crippen molar-refractivity contribution in [3.63, 3.8) is 0 Å². The fourth-order valence-electron chi connectivity index (χ4n) is 8.02. The SMILES string of the molecule is C=C(C)C(=O)NCC1(O)[C@H](OC(C)=O)[C@]2(CC)C=CCN3CC[C@@]4(c5ccc(OC)cc5N(C)[C@@H]14)C32. The Labute approximate surface area is 212 Å². The van der Waals surface area contributed by atoms with Crippen LogP contribution in [0, 0.1) is 5.41 Å². The van der Waals surface area contributed by atoms with Crippen LogP contribution in [0.2, 0.25) is 0 Å². The lowest BCUT2D eigenvalue weighted by Crippen LogP contribution is -2.81. The fourth-order valence-corrected chi connectivity index (χ4v) is 8.02. The Balaban J connectivity index is 1.78. The van der Waals surface area contributed by atoms with Gasteiger partial charge in [-0.25, -0.2) is 0 Å². The third-order valence-electron chi connectivity index (χ3n) is 9.14. The van der Waals surface area contributed by atoms with Crippen LogP contribution in [0.5, 0.6) is 5.75 Å². The van der Waals surface area contributed by atoms with Gasteiger partial charge in [-0.15, -0.1) is 0 Å². The molecular weight excluding hydrogens is 458 g/mol. The molecule has 194 valence electrons. The number of fused-ring (bicyclic) bond motifs is 1. The second-order valence-electron chi connectivity index (χ2n) is 10.9. The van der Waals surface area contributed by atoms with Gasteiger partial charge in [-0.1, -0.05) is 31.7 Å². The monoisotopic (exact) mass is 495 g/mol. The van der Waals surface area contributed by atoms with Crippen molar-refractivity contribution in [3.8, 4) is 5.75 Å². The molecule has 0 aromatic heterocycles. The number of nitrogens with zero attached hydrogens (tertiary/aromatic N) is 2. The lowest BCUT2D eigenvalue weighted by molar-refractivity contribution is -0.217. The molecule has 4 aliphatic rings. The number of nitrogens with one attached hydrogen (secondary N) is 1. The van der Waals surface area contributed by atoms with Crippen molar-refractivity contribution < 1.29 is 24.2 Å². The average Bonchev–Trinajstić information content (AvgIpc) is 3.36. The van der Waals surface area contributed by atoms with Gasteiger partial charge < -0.3 is 24.8 Å². The fraction of sp³-hybridized carbons (Fsp3) is 0.571. The van der Waals surface area contributed by atoms with Gasteiger partial charge in [-0.3, -0.25) is 14.5 Å². The van der Waals surface area contributed by atoms with Crippen LogP contribution in [0.1, 0.15) is 39.2 Å². The van der Waals surface area contributed by atoms with E-state index in [1.54, 1.807) is 14.0 Å². The molecule has 3 aliphatic heterocycles. The number of hydrogen-bond acceptors (Lipinski definition) is 7. The van der Waals surface area contributed by atoms with E-state index in [-0.39, 0.29) is 18.5 Å². The van der Waals surface area contributed by atoms with E-state index in [9.17, 15) is 14.7 Å². The zero-order chi connectivity index (χ0) is 26.0. The Bertz CT molecular complexity index is 1150. The zero-order valence-corrected chi connectivity index (χ0v) is 21.8. The summed E-state index contributed by atoms with van der Waals surface area (Å²) in [7, 11) is 3.63. The second-order valence-corrected chi connectivity index (χ2v) is 10.9. The van der Waals surface area contributed by atoms with Crippen LogP contribution in [-0.2, 0) is 19.7 Å². The van der Waals surface area contributed by atoms with Gasteiger partial charge in [0.1, 0.15) is 17.5 Å². The van der Waals surface area contributed by atoms with Crippen LogP contribution >= 0.6 is 0 Å². The number of hydrogen-bond donors (Lipinski definition) is 2. The number of rotatable bonds is 6. The Morgan fingerprint density at radius 2 is 2.03 bits per heavy atom. The maximum absolute atomic E-state index is 12.9. The van der Waals surface area contributed by atoms with Crippen LogP contribution in [-0.4, -0.2) is 79.5 Å². The Hall–Kier alpha value is -2.84. The van der Waals surface area contributed by atoms with Crippen molar-refractivity contribution in [3.05, 3.63) is 48.1 Å². The summed E-state index contributed by atoms with van der Waals surface area (Å²) >= 11 is 0. The Kier molecular flexibility index (Phi) is 5.76. The molecule has 1 aliphatic carbocycles. The number of amides is 1. The minimum atomic E-state index is -1.58. The largest absolute Gasteiger partial charge is 0.497 e. The highest BCUT2D eigenvalue weighted by atomic mass is 16.6. The van der Waals surface area contributed by atoms with Crippen LogP contribution in [0.4, 0.5) is 5.69 Å². The first kappa shape index (κ1) is 24.8. The van der Waals surface area contributed by atoms with Gasteiger partial charge in [0.2, 0.25) is 5.91 Å². The molecule has 6 atom stereocenters. The summed E-state index contributed by atoms with van der Waals surface area (Å²) < 4.78 is 11.6. The van der Waals surface area contributed by atoms with E-state index >= 15 is 0 Å². The molecule has 8 heteroatoms. The molecule has 8 nitrogen and oxygen atoms in total. The Morgan fingerprint density at radius 3 is 2.67 bits per heavy atom. The first-order valence-electron chi connectivity index (χ1n) is 12.7. The molecule has 0 bridgehead atoms. The van der Waals surface area contributed by atoms with E-state index in [0.717, 1.165) is 30.9 Å². The number of likely N-dealkylation sites (N-methyl/N-ethyl adjacent to an activating group) is 1. The molecule has 1 saturated carbocycles. The normalized spacial score (nSPS) is 36.1. The summed E-state index contributed by atoms with van der Waals surface area (Å²) in [4.78, 5) is 29.8. The van der Waals surface area contributed by atoms with Gasteiger partial charge in [-0.05, 0) is 37.9 Å².